The molecule has 0 bridgehead atoms. The minimum Gasteiger partial charge on any atom is -0.468 e. The minimum atomic E-state index is -0.0958. The van der Waals surface area contributed by atoms with Crippen molar-refractivity contribution in [3.05, 3.63) is 70.4 Å². The molecule has 1 aliphatic heterocycles. The lowest BCUT2D eigenvalue weighted by atomic mass is 10.1. The molecule has 30 heavy (non-hydrogen) atoms. The Morgan fingerprint density at radius 3 is 2.50 bits per heavy atom. The minimum absolute atomic E-state index is 0.0559. The maximum absolute atomic E-state index is 12.8. The largest absolute Gasteiger partial charge is 0.468 e. The van der Waals surface area contributed by atoms with Gasteiger partial charge in [0.2, 0.25) is 0 Å². The van der Waals surface area contributed by atoms with Crippen molar-refractivity contribution in [1.82, 2.24) is 20.0 Å². The Morgan fingerprint density at radius 2 is 1.90 bits per heavy atom. The highest BCUT2D eigenvalue weighted by atomic mass is 35.5. The van der Waals surface area contributed by atoms with E-state index in [1.165, 1.54) is 19.3 Å². The van der Waals surface area contributed by atoms with Gasteiger partial charge in [-0.3, -0.25) is 9.69 Å². The number of nitrogens with one attached hydrogen (secondary N) is 1. The molecule has 1 N–H and O–H groups in total. The molecule has 7 heteroatoms. The molecule has 1 amide bonds. The van der Waals surface area contributed by atoms with Gasteiger partial charge in [-0.2, -0.15) is 5.10 Å². The molecule has 1 saturated heterocycles. The van der Waals surface area contributed by atoms with Gasteiger partial charge >= 0.3 is 0 Å². The first-order valence-corrected chi connectivity index (χ1v) is 10.8. The summed E-state index contributed by atoms with van der Waals surface area (Å²) in [7, 11) is 0. The summed E-state index contributed by atoms with van der Waals surface area (Å²) in [5.41, 5.74) is 3.16. The van der Waals surface area contributed by atoms with E-state index in [0.29, 0.717) is 17.1 Å². The lowest BCUT2D eigenvalue weighted by molar-refractivity contribution is 0.0914. The Kier molecular flexibility index (Phi) is 6.25. The zero-order valence-electron chi connectivity index (χ0n) is 17.4. The lowest BCUT2D eigenvalue weighted by Gasteiger charge is -2.33. The van der Waals surface area contributed by atoms with E-state index < -0.39 is 0 Å². The average Bonchev–Trinajstić information content (AvgIpc) is 3.39. The second-order valence-electron chi connectivity index (χ2n) is 7.78. The van der Waals surface area contributed by atoms with Crippen LogP contribution in [0.25, 0.3) is 5.69 Å². The van der Waals surface area contributed by atoms with E-state index in [0.717, 1.165) is 35.9 Å². The van der Waals surface area contributed by atoms with Gasteiger partial charge in [0.1, 0.15) is 5.76 Å². The van der Waals surface area contributed by atoms with Crippen LogP contribution in [0.1, 0.15) is 52.8 Å². The highest BCUT2D eigenvalue weighted by molar-refractivity contribution is 6.31. The molecule has 0 radical (unpaired) electrons. The van der Waals surface area contributed by atoms with Crippen LogP contribution >= 0.6 is 11.6 Å². The van der Waals surface area contributed by atoms with Crippen LogP contribution in [0.2, 0.25) is 5.02 Å². The number of benzene rings is 1. The maximum Gasteiger partial charge on any atom is 0.251 e. The van der Waals surface area contributed by atoms with Crippen molar-refractivity contribution in [3.8, 4) is 5.69 Å². The SMILES string of the molecule is Cc1nn(-c2ccc(C(=O)NCC(c3ccco3)N3CCCCC3)cc2)c(C)c1Cl. The molecular formula is C23H27ClN4O2. The van der Waals surface area contributed by atoms with E-state index in [9.17, 15) is 4.79 Å². The number of aryl methyl sites for hydroxylation is 1. The fourth-order valence-corrected chi connectivity index (χ4v) is 4.16. The molecule has 0 saturated carbocycles. The number of halogens is 1. The number of rotatable bonds is 6. The third-order valence-electron chi connectivity index (χ3n) is 5.74. The zero-order chi connectivity index (χ0) is 21.1. The van der Waals surface area contributed by atoms with Crippen LogP contribution in [0, 0.1) is 13.8 Å². The van der Waals surface area contributed by atoms with E-state index in [2.05, 4.69) is 15.3 Å². The number of aromatic nitrogens is 2. The molecule has 3 aromatic rings. The summed E-state index contributed by atoms with van der Waals surface area (Å²) >= 11 is 6.25. The molecule has 158 valence electrons. The number of hydrogen-bond acceptors (Lipinski definition) is 4. The number of nitrogens with zero attached hydrogens (tertiary/aromatic N) is 3. The average molecular weight is 427 g/mol. The van der Waals surface area contributed by atoms with E-state index >= 15 is 0 Å². The van der Waals surface area contributed by atoms with Crippen molar-refractivity contribution in [2.45, 2.75) is 39.2 Å². The van der Waals surface area contributed by atoms with Gasteiger partial charge < -0.3 is 9.73 Å². The number of carbonyl (C=O) groups is 1. The Bertz CT molecular complexity index is 989. The molecule has 2 aromatic heterocycles. The first-order valence-electron chi connectivity index (χ1n) is 10.4. The first kappa shape index (κ1) is 20.7. The van der Waals surface area contributed by atoms with Crippen LogP contribution in [0.15, 0.2) is 47.1 Å². The quantitative estimate of drug-likeness (QED) is 0.620. The Hall–Kier alpha value is -2.57. The third-order valence-corrected chi connectivity index (χ3v) is 6.28. The standard InChI is InChI=1S/C23H27ClN4O2/c1-16-22(24)17(2)28(26-16)19-10-8-18(9-11-19)23(29)25-15-20(21-7-6-14-30-21)27-12-4-3-5-13-27/h6-11,14,20H,3-5,12-13,15H2,1-2H3,(H,25,29). The zero-order valence-corrected chi connectivity index (χ0v) is 18.2. The predicted molar refractivity (Wildman–Crippen MR) is 117 cm³/mol. The normalized spacial score (nSPS) is 15.8. The monoisotopic (exact) mass is 426 g/mol. The second kappa shape index (κ2) is 9.06. The van der Waals surface area contributed by atoms with Crippen molar-refractivity contribution in [3.63, 3.8) is 0 Å². The smallest absolute Gasteiger partial charge is 0.251 e. The summed E-state index contributed by atoms with van der Waals surface area (Å²) < 4.78 is 7.46. The van der Waals surface area contributed by atoms with Gasteiger partial charge in [-0.05, 0) is 76.2 Å². The molecule has 1 unspecified atom stereocenters. The van der Waals surface area contributed by atoms with Crippen molar-refractivity contribution >= 4 is 17.5 Å². The van der Waals surface area contributed by atoms with Crippen molar-refractivity contribution < 1.29 is 9.21 Å². The van der Waals surface area contributed by atoms with Crippen LogP contribution in [0.5, 0.6) is 0 Å². The molecule has 1 atom stereocenters. The summed E-state index contributed by atoms with van der Waals surface area (Å²) in [5.74, 6) is 0.801. The van der Waals surface area contributed by atoms with Crippen LogP contribution in [0.3, 0.4) is 0 Å². The summed E-state index contributed by atoms with van der Waals surface area (Å²) in [4.78, 5) is 15.2. The van der Waals surface area contributed by atoms with E-state index in [-0.39, 0.29) is 11.9 Å². The summed E-state index contributed by atoms with van der Waals surface area (Å²) in [5, 5.41) is 8.21. The van der Waals surface area contributed by atoms with Gasteiger partial charge in [0, 0.05) is 12.1 Å². The second-order valence-corrected chi connectivity index (χ2v) is 8.16. The van der Waals surface area contributed by atoms with E-state index in [4.69, 9.17) is 16.0 Å². The highest BCUT2D eigenvalue weighted by Gasteiger charge is 2.25. The number of hydrogen-bond donors (Lipinski definition) is 1. The van der Waals surface area contributed by atoms with E-state index in [1.807, 2.05) is 50.2 Å². The molecular weight excluding hydrogens is 400 g/mol. The molecule has 3 heterocycles. The van der Waals surface area contributed by atoms with Crippen LogP contribution < -0.4 is 5.32 Å². The third kappa shape index (κ3) is 4.30. The fourth-order valence-electron chi connectivity index (χ4n) is 4.04. The predicted octanol–water partition coefficient (Wildman–Crippen LogP) is 4.69. The number of carbonyl (C=O) groups excluding carboxylic acids is 1. The number of amides is 1. The summed E-state index contributed by atoms with van der Waals surface area (Å²) in [6.45, 7) is 6.38. The molecule has 6 nitrogen and oxygen atoms in total. The Balaban J connectivity index is 1.44. The molecule has 1 aliphatic rings. The van der Waals surface area contributed by atoms with Crippen LogP contribution in [0.4, 0.5) is 0 Å². The number of likely N-dealkylation sites (tertiary alicyclic amines) is 1. The molecule has 0 spiro atoms. The van der Waals surface area contributed by atoms with Gasteiger partial charge in [-0.25, -0.2) is 4.68 Å². The lowest BCUT2D eigenvalue weighted by Crippen LogP contribution is -2.40. The van der Waals surface area contributed by atoms with Gasteiger partial charge in [0.05, 0.1) is 34.4 Å². The highest BCUT2D eigenvalue weighted by Crippen LogP contribution is 2.25. The van der Waals surface area contributed by atoms with Gasteiger partial charge in [-0.1, -0.05) is 18.0 Å². The van der Waals surface area contributed by atoms with E-state index in [1.54, 1.807) is 10.9 Å². The van der Waals surface area contributed by atoms with Gasteiger partial charge in [-0.15, -0.1) is 0 Å². The topological polar surface area (TPSA) is 63.3 Å². The Morgan fingerprint density at radius 1 is 1.17 bits per heavy atom. The summed E-state index contributed by atoms with van der Waals surface area (Å²) in [6, 6.07) is 11.4. The first-order chi connectivity index (χ1) is 14.5. The molecule has 1 fully saturated rings. The van der Waals surface area contributed by atoms with Crippen molar-refractivity contribution in [2.75, 3.05) is 19.6 Å². The fraction of sp³-hybridized carbons (Fsp3) is 0.391. The van der Waals surface area contributed by atoms with Gasteiger partial charge in [0.15, 0.2) is 0 Å². The van der Waals surface area contributed by atoms with Crippen molar-refractivity contribution in [1.29, 1.82) is 0 Å². The van der Waals surface area contributed by atoms with Crippen LogP contribution in [-0.2, 0) is 0 Å². The summed E-state index contributed by atoms with van der Waals surface area (Å²) in [6.07, 6.45) is 5.32. The van der Waals surface area contributed by atoms with Crippen LogP contribution in [-0.4, -0.2) is 40.2 Å². The van der Waals surface area contributed by atoms with Crippen molar-refractivity contribution in [2.24, 2.45) is 0 Å². The Labute approximate surface area is 181 Å². The van der Waals surface area contributed by atoms with Gasteiger partial charge in [0.25, 0.3) is 5.91 Å². The number of furan rings is 1. The maximum atomic E-state index is 12.8. The molecule has 1 aromatic carbocycles. The number of piperidine rings is 1. The molecule has 4 rings (SSSR count). The molecule has 0 aliphatic carbocycles.